The van der Waals surface area contributed by atoms with Gasteiger partial charge in [-0.3, -0.25) is 10.1 Å². The highest BCUT2D eigenvalue weighted by molar-refractivity contribution is 14.1. The largest absolute Gasteiger partial charge is 0.469 e. The van der Waals surface area contributed by atoms with Crippen molar-refractivity contribution < 1.29 is 18.7 Å². The molecular formula is C14H19BFIN4O4S. The second kappa shape index (κ2) is 9.60. The number of rotatable bonds is 9. The monoisotopic (exact) mass is 496 g/mol. The zero-order chi connectivity index (χ0) is 19.3. The number of nitrogens with zero attached hydrogens (tertiary/aromatic N) is 3. The Labute approximate surface area is 168 Å². The van der Waals surface area contributed by atoms with Crippen molar-refractivity contribution in [1.29, 1.82) is 0 Å². The van der Waals surface area contributed by atoms with Gasteiger partial charge < -0.3 is 14.7 Å². The lowest BCUT2D eigenvalue weighted by Gasteiger charge is -2.19. The summed E-state index contributed by atoms with van der Waals surface area (Å²) in [6, 6.07) is -0.0778. The van der Waals surface area contributed by atoms with Crippen molar-refractivity contribution in [2.24, 2.45) is 0 Å². The molecule has 1 aromatic rings. The molecule has 2 heterocycles. The van der Waals surface area contributed by atoms with Gasteiger partial charge in [-0.2, -0.15) is 11.6 Å². The Morgan fingerprint density at radius 2 is 2.38 bits per heavy atom. The Morgan fingerprint density at radius 3 is 3.00 bits per heavy atom. The minimum atomic E-state index is -1.30. The van der Waals surface area contributed by atoms with E-state index < -0.39 is 11.1 Å². The first-order valence-corrected chi connectivity index (χ1v) is 10.1. The number of nitro groups is 1. The highest BCUT2D eigenvalue weighted by atomic mass is 127. The molecule has 0 amide bonds. The van der Waals surface area contributed by atoms with Crippen LogP contribution >= 0.6 is 34.0 Å². The van der Waals surface area contributed by atoms with E-state index in [1.165, 1.54) is 23.4 Å². The molecule has 0 fully saturated rings. The average Bonchev–Trinajstić information content (AvgIpc) is 2.94. The van der Waals surface area contributed by atoms with Gasteiger partial charge in [-0.05, 0) is 32.2 Å². The third-order valence-electron chi connectivity index (χ3n) is 3.63. The van der Waals surface area contributed by atoms with Gasteiger partial charge in [0, 0.05) is 12.9 Å². The normalized spacial score (nSPS) is 17.4. The van der Waals surface area contributed by atoms with Crippen LogP contribution in [0.25, 0.3) is 5.70 Å². The lowest BCUT2D eigenvalue weighted by molar-refractivity contribution is -0.386. The number of alkyl halides is 1. The molecule has 1 N–H and O–H groups in total. The van der Waals surface area contributed by atoms with Crippen LogP contribution in [0.4, 0.5) is 10.1 Å². The molecule has 0 aromatic carbocycles. The summed E-state index contributed by atoms with van der Waals surface area (Å²) in [6.07, 6.45) is 4.09. The van der Waals surface area contributed by atoms with Crippen LogP contribution in [0, 0.1) is 17.0 Å². The quantitative estimate of drug-likeness (QED) is 0.244. The molecule has 2 atom stereocenters. The Kier molecular flexibility index (Phi) is 7.76. The number of nitrogens with one attached hydrogen (secondary N) is 1. The summed E-state index contributed by atoms with van der Waals surface area (Å²) >= 11 is 3.32. The molecule has 142 valence electrons. The fraction of sp³-hybridized carbons (Fsp3) is 0.500. The van der Waals surface area contributed by atoms with Crippen molar-refractivity contribution in [2.45, 2.75) is 26.1 Å². The van der Waals surface area contributed by atoms with Crippen LogP contribution < -0.4 is 10.1 Å². The van der Waals surface area contributed by atoms with Crippen LogP contribution in [0.5, 0.6) is 5.88 Å². The van der Waals surface area contributed by atoms with E-state index in [-0.39, 0.29) is 34.0 Å². The van der Waals surface area contributed by atoms with Crippen LogP contribution in [0.1, 0.15) is 12.6 Å². The fourth-order valence-electron chi connectivity index (χ4n) is 2.32. The van der Waals surface area contributed by atoms with Gasteiger partial charge in [0.2, 0.25) is 0 Å². The summed E-state index contributed by atoms with van der Waals surface area (Å²) in [7, 11) is 1.54. The molecule has 12 heteroatoms. The Bertz CT molecular complexity index is 717. The van der Waals surface area contributed by atoms with E-state index in [1.807, 2.05) is 35.4 Å². The number of aromatic nitrogens is 2. The van der Waals surface area contributed by atoms with Gasteiger partial charge in [-0.15, -0.1) is 5.10 Å². The number of halogens is 2. The van der Waals surface area contributed by atoms with Gasteiger partial charge in [0.15, 0.2) is 0 Å². The smallest absolute Gasteiger partial charge is 0.435 e. The molecule has 0 aliphatic carbocycles. The lowest BCUT2D eigenvalue weighted by Crippen LogP contribution is -2.27. The van der Waals surface area contributed by atoms with Crippen molar-refractivity contribution >= 4 is 49.4 Å². The van der Waals surface area contributed by atoms with E-state index >= 15 is 0 Å². The SMILES string of the molecule is COB(I)SCC(F)COc1nn(C2=CC=CNC2C)c(C)c1[N+](=O)[O-]. The Hall–Kier alpha value is -1.28. The first-order valence-electron chi connectivity index (χ1n) is 7.77. The zero-order valence-electron chi connectivity index (χ0n) is 14.5. The average molecular weight is 496 g/mol. The van der Waals surface area contributed by atoms with E-state index in [9.17, 15) is 14.5 Å². The number of allylic oxidation sites excluding steroid dienone is 2. The van der Waals surface area contributed by atoms with E-state index in [2.05, 4.69) is 10.4 Å². The topological polar surface area (TPSA) is 91.5 Å². The van der Waals surface area contributed by atoms with E-state index in [4.69, 9.17) is 9.39 Å². The molecule has 1 aliphatic heterocycles. The van der Waals surface area contributed by atoms with Crippen LogP contribution in [0.2, 0.25) is 0 Å². The first-order chi connectivity index (χ1) is 12.3. The van der Waals surface area contributed by atoms with Crippen LogP contribution in [-0.4, -0.2) is 50.4 Å². The molecule has 2 rings (SSSR count). The zero-order valence-corrected chi connectivity index (χ0v) is 17.5. The molecule has 0 saturated heterocycles. The summed E-state index contributed by atoms with van der Waals surface area (Å²) in [5, 5.41) is 18.7. The van der Waals surface area contributed by atoms with Crippen molar-refractivity contribution in [3.63, 3.8) is 0 Å². The van der Waals surface area contributed by atoms with Crippen molar-refractivity contribution in [1.82, 2.24) is 15.1 Å². The molecule has 1 aliphatic rings. The summed E-state index contributed by atoms with van der Waals surface area (Å²) in [5.74, 6) is -0.0215. The molecular weight excluding hydrogens is 477 g/mol. The predicted molar refractivity (Wildman–Crippen MR) is 109 cm³/mol. The van der Waals surface area contributed by atoms with E-state index in [0.717, 1.165) is 5.70 Å². The van der Waals surface area contributed by atoms with Crippen LogP contribution in [0.15, 0.2) is 18.4 Å². The van der Waals surface area contributed by atoms with E-state index in [0.29, 0.717) is 5.69 Å². The molecule has 8 nitrogen and oxygen atoms in total. The number of hydrogen-bond donors (Lipinski definition) is 1. The third-order valence-corrected chi connectivity index (χ3v) is 6.22. The summed E-state index contributed by atoms with van der Waals surface area (Å²) in [6.45, 7) is 3.18. The summed E-state index contributed by atoms with van der Waals surface area (Å²) in [4.78, 5) is 10.9. The van der Waals surface area contributed by atoms with E-state index in [1.54, 1.807) is 19.2 Å². The maximum absolute atomic E-state index is 14.0. The minimum Gasteiger partial charge on any atom is -0.469 e. The number of ether oxygens (including phenoxy) is 1. The summed E-state index contributed by atoms with van der Waals surface area (Å²) < 4.78 is 25.7. The molecule has 26 heavy (non-hydrogen) atoms. The Morgan fingerprint density at radius 1 is 1.65 bits per heavy atom. The Balaban J connectivity index is 2.15. The second-order valence-corrected chi connectivity index (χ2v) is 8.57. The molecule has 0 radical (unpaired) electrons. The highest BCUT2D eigenvalue weighted by Gasteiger charge is 2.30. The van der Waals surface area contributed by atoms with Gasteiger partial charge >= 0.3 is 15.6 Å². The number of dihydropyridines is 1. The third kappa shape index (κ3) is 5.13. The van der Waals surface area contributed by atoms with Crippen LogP contribution in [0.3, 0.4) is 0 Å². The highest BCUT2D eigenvalue weighted by Crippen LogP contribution is 2.32. The van der Waals surface area contributed by atoms with Crippen molar-refractivity contribution in [3.8, 4) is 5.88 Å². The van der Waals surface area contributed by atoms with Gasteiger partial charge in [-0.25, -0.2) is 9.07 Å². The van der Waals surface area contributed by atoms with Gasteiger partial charge in [0.25, 0.3) is 0 Å². The second-order valence-electron chi connectivity index (χ2n) is 5.50. The molecule has 0 spiro atoms. The maximum Gasteiger partial charge on any atom is 0.435 e. The fourth-order valence-corrected chi connectivity index (χ4v) is 3.54. The van der Waals surface area contributed by atoms with Crippen molar-refractivity contribution in [3.05, 3.63) is 34.2 Å². The molecule has 0 saturated carbocycles. The summed E-state index contributed by atoms with van der Waals surface area (Å²) in [5.41, 5.74) is 0.816. The van der Waals surface area contributed by atoms with Gasteiger partial charge in [0.05, 0.1) is 16.7 Å². The van der Waals surface area contributed by atoms with Crippen LogP contribution in [-0.2, 0) is 4.65 Å². The molecule has 0 bridgehead atoms. The maximum atomic E-state index is 14.0. The first kappa shape index (κ1) is 21.0. The number of hydrogen-bond acceptors (Lipinski definition) is 7. The van der Waals surface area contributed by atoms with Gasteiger partial charge in [-0.1, -0.05) is 22.4 Å². The lowest BCUT2D eigenvalue weighted by atomic mass is 10.2. The van der Waals surface area contributed by atoms with Gasteiger partial charge in [0.1, 0.15) is 18.5 Å². The minimum absolute atomic E-state index is 0.0778. The molecule has 2 unspecified atom stereocenters. The molecule has 1 aromatic heterocycles. The predicted octanol–water partition coefficient (Wildman–Crippen LogP) is 2.96. The van der Waals surface area contributed by atoms with Crippen molar-refractivity contribution in [2.75, 3.05) is 19.5 Å². The standard InChI is InChI=1S/C14H19BFIN4O4S/c1-9-12(5-4-6-18-9)20-10(2)13(21(22)23)14(19-20)25-7-11(16)8-26-15(17)24-3/h4-6,9,11,18H,7-8H2,1-3H3.